The van der Waals surface area contributed by atoms with Gasteiger partial charge in [0.1, 0.15) is 5.03 Å². The van der Waals surface area contributed by atoms with Gasteiger partial charge in [-0.2, -0.15) is 0 Å². The Kier molecular flexibility index (Phi) is 4.50. The van der Waals surface area contributed by atoms with Crippen molar-refractivity contribution in [3.05, 3.63) is 11.6 Å². The standard InChI is InChI=1S/C8H12N2O2S2/c1-13-7-5-6(3-4-11)8(10-9-7)14(2)12/h5,11H,3-4H2,1-2H3. The average Bonchev–Trinajstić information content (AvgIpc) is 2.17. The predicted octanol–water partition coefficient (Wildman–Crippen LogP) is 0.471. The minimum Gasteiger partial charge on any atom is -0.396 e. The van der Waals surface area contributed by atoms with Gasteiger partial charge in [-0.1, -0.05) is 0 Å². The van der Waals surface area contributed by atoms with Crippen molar-refractivity contribution < 1.29 is 9.32 Å². The van der Waals surface area contributed by atoms with Gasteiger partial charge in [0.05, 0.1) is 10.8 Å². The van der Waals surface area contributed by atoms with E-state index in [1.165, 1.54) is 11.8 Å². The van der Waals surface area contributed by atoms with Crippen LogP contribution in [0.3, 0.4) is 0 Å². The second kappa shape index (κ2) is 5.43. The summed E-state index contributed by atoms with van der Waals surface area (Å²) in [4.78, 5) is 0. The van der Waals surface area contributed by atoms with Crippen LogP contribution in [0.4, 0.5) is 0 Å². The Hall–Kier alpha value is -0.460. The molecule has 0 radical (unpaired) electrons. The zero-order valence-corrected chi connectivity index (χ0v) is 9.69. The average molecular weight is 232 g/mol. The molecule has 0 aromatic carbocycles. The molecule has 0 fully saturated rings. The quantitative estimate of drug-likeness (QED) is 0.765. The third kappa shape index (κ3) is 2.76. The second-order valence-corrected chi connectivity index (χ2v) is 4.77. The number of nitrogens with zero attached hydrogens (tertiary/aromatic N) is 2. The predicted molar refractivity (Wildman–Crippen MR) is 56.9 cm³/mol. The minimum atomic E-state index is -1.15. The first-order chi connectivity index (χ1) is 6.69. The molecule has 0 bridgehead atoms. The SMILES string of the molecule is CSc1cc(CCO)c(S(C)=O)nn1. The number of thioether (sulfide) groups is 1. The largest absolute Gasteiger partial charge is 0.396 e. The lowest BCUT2D eigenvalue weighted by atomic mass is 10.2. The van der Waals surface area contributed by atoms with Crippen molar-refractivity contribution in [2.75, 3.05) is 19.1 Å². The van der Waals surface area contributed by atoms with Gasteiger partial charge in [-0.15, -0.1) is 22.0 Å². The van der Waals surface area contributed by atoms with Gasteiger partial charge in [-0.25, -0.2) is 0 Å². The van der Waals surface area contributed by atoms with E-state index in [4.69, 9.17) is 5.11 Å². The maximum atomic E-state index is 11.3. The molecule has 0 spiro atoms. The van der Waals surface area contributed by atoms with Crippen molar-refractivity contribution in [1.29, 1.82) is 0 Å². The Morgan fingerprint density at radius 2 is 2.29 bits per heavy atom. The molecule has 1 heterocycles. The molecule has 4 nitrogen and oxygen atoms in total. The third-order valence-electron chi connectivity index (χ3n) is 1.67. The van der Waals surface area contributed by atoms with Crippen LogP contribution in [-0.4, -0.2) is 38.6 Å². The fourth-order valence-corrected chi connectivity index (χ4v) is 2.11. The van der Waals surface area contributed by atoms with Crippen LogP contribution < -0.4 is 0 Å². The van der Waals surface area contributed by atoms with Crippen LogP contribution in [0.5, 0.6) is 0 Å². The van der Waals surface area contributed by atoms with E-state index < -0.39 is 10.8 Å². The van der Waals surface area contributed by atoms with Gasteiger partial charge in [0.2, 0.25) is 0 Å². The Balaban J connectivity index is 3.10. The first-order valence-electron chi connectivity index (χ1n) is 4.04. The molecule has 78 valence electrons. The molecule has 0 saturated heterocycles. The van der Waals surface area contributed by atoms with E-state index in [0.717, 1.165) is 10.6 Å². The molecule has 1 N–H and O–H groups in total. The van der Waals surface area contributed by atoms with Gasteiger partial charge in [-0.05, 0) is 24.3 Å². The smallest absolute Gasteiger partial charge is 0.152 e. The maximum Gasteiger partial charge on any atom is 0.152 e. The van der Waals surface area contributed by atoms with Crippen LogP contribution in [-0.2, 0) is 17.2 Å². The molecule has 1 aromatic heterocycles. The van der Waals surface area contributed by atoms with Gasteiger partial charge < -0.3 is 5.11 Å². The van der Waals surface area contributed by atoms with Gasteiger partial charge in [0.25, 0.3) is 0 Å². The molecule has 1 unspecified atom stereocenters. The molecular formula is C8H12N2O2S2. The Morgan fingerprint density at radius 3 is 2.79 bits per heavy atom. The fourth-order valence-electron chi connectivity index (χ4n) is 1.04. The molecule has 0 aliphatic carbocycles. The van der Waals surface area contributed by atoms with Crippen molar-refractivity contribution in [3.63, 3.8) is 0 Å². The monoisotopic (exact) mass is 232 g/mol. The zero-order chi connectivity index (χ0) is 10.6. The second-order valence-electron chi connectivity index (χ2n) is 2.64. The number of rotatable bonds is 4. The van der Waals surface area contributed by atoms with E-state index in [2.05, 4.69) is 10.2 Å². The number of aromatic nitrogens is 2. The molecule has 6 heteroatoms. The fraction of sp³-hybridized carbons (Fsp3) is 0.500. The van der Waals surface area contributed by atoms with E-state index in [-0.39, 0.29) is 6.61 Å². The summed E-state index contributed by atoms with van der Waals surface area (Å²) < 4.78 is 11.3. The Morgan fingerprint density at radius 1 is 1.57 bits per heavy atom. The highest BCUT2D eigenvalue weighted by Gasteiger charge is 2.09. The van der Waals surface area contributed by atoms with Crippen LogP contribution in [0.1, 0.15) is 5.56 Å². The highest BCUT2D eigenvalue weighted by molar-refractivity contribution is 7.98. The van der Waals surface area contributed by atoms with Crippen LogP contribution in [0.2, 0.25) is 0 Å². The molecule has 0 aliphatic heterocycles. The van der Waals surface area contributed by atoms with Crippen molar-refractivity contribution in [2.45, 2.75) is 16.5 Å². The summed E-state index contributed by atoms with van der Waals surface area (Å²) >= 11 is 1.48. The Labute approximate surface area is 89.6 Å². The van der Waals surface area contributed by atoms with Gasteiger partial charge in [0, 0.05) is 12.9 Å². The molecule has 0 aliphatic rings. The van der Waals surface area contributed by atoms with Crippen molar-refractivity contribution in [1.82, 2.24) is 10.2 Å². The summed E-state index contributed by atoms with van der Waals surface area (Å²) in [7, 11) is -1.15. The van der Waals surface area contributed by atoms with E-state index >= 15 is 0 Å². The molecular weight excluding hydrogens is 220 g/mol. The molecule has 14 heavy (non-hydrogen) atoms. The van der Waals surface area contributed by atoms with Gasteiger partial charge >= 0.3 is 0 Å². The number of aliphatic hydroxyl groups excluding tert-OH is 1. The maximum absolute atomic E-state index is 11.3. The summed E-state index contributed by atoms with van der Waals surface area (Å²) in [5.74, 6) is 0. The Bertz CT molecular complexity index is 344. The molecule has 0 amide bonds. The topological polar surface area (TPSA) is 63.1 Å². The first-order valence-corrected chi connectivity index (χ1v) is 6.82. The lowest BCUT2D eigenvalue weighted by molar-refractivity contribution is 0.298. The number of hydrogen-bond acceptors (Lipinski definition) is 5. The molecule has 1 rings (SSSR count). The van der Waals surface area contributed by atoms with Gasteiger partial charge in [-0.3, -0.25) is 4.21 Å². The lowest BCUT2D eigenvalue weighted by Crippen LogP contribution is -2.04. The molecule has 0 saturated carbocycles. The van der Waals surface area contributed by atoms with E-state index in [0.29, 0.717) is 11.4 Å². The van der Waals surface area contributed by atoms with Crippen molar-refractivity contribution in [2.24, 2.45) is 0 Å². The number of aliphatic hydroxyl groups is 1. The highest BCUT2D eigenvalue weighted by Crippen LogP contribution is 2.16. The number of hydrogen-bond donors (Lipinski definition) is 1. The lowest BCUT2D eigenvalue weighted by Gasteiger charge is -2.04. The summed E-state index contributed by atoms with van der Waals surface area (Å²) in [6, 6.07) is 1.82. The van der Waals surface area contributed by atoms with Crippen LogP contribution in [0.15, 0.2) is 16.1 Å². The summed E-state index contributed by atoms with van der Waals surface area (Å²) in [5.41, 5.74) is 0.813. The summed E-state index contributed by atoms with van der Waals surface area (Å²) in [6.07, 6.45) is 3.93. The molecule has 1 atom stereocenters. The third-order valence-corrected chi connectivity index (χ3v) is 3.18. The highest BCUT2D eigenvalue weighted by atomic mass is 32.2. The zero-order valence-electron chi connectivity index (χ0n) is 8.06. The summed E-state index contributed by atoms with van der Waals surface area (Å²) in [6.45, 7) is 0.0315. The van der Waals surface area contributed by atoms with Crippen LogP contribution >= 0.6 is 11.8 Å². The minimum absolute atomic E-state index is 0.0315. The van der Waals surface area contributed by atoms with E-state index in [9.17, 15) is 4.21 Å². The van der Waals surface area contributed by atoms with E-state index in [1.54, 1.807) is 6.26 Å². The van der Waals surface area contributed by atoms with Crippen LogP contribution in [0, 0.1) is 0 Å². The van der Waals surface area contributed by atoms with Gasteiger partial charge in [0.15, 0.2) is 5.03 Å². The molecule has 1 aromatic rings. The van der Waals surface area contributed by atoms with Crippen LogP contribution in [0.25, 0.3) is 0 Å². The van der Waals surface area contributed by atoms with Crippen molar-refractivity contribution in [3.8, 4) is 0 Å². The van der Waals surface area contributed by atoms with E-state index in [1.807, 2.05) is 12.3 Å². The van der Waals surface area contributed by atoms with Crippen molar-refractivity contribution >= 4 is 22.6 Å². The normalized spacial score (nSPS) is 12.8. The summed E-state index contributed by atoms with van der Waals surface area (Å²) in [5, 5.41) is 17.9. The first kappa shape index (κ1) is 11.6.